The third-order valence-corrected chi connectivity index (χ3v) is 4.51. The van der Waals surface area contributed by atoms with Gasteiger partial charge in [0, 0.05) is 23.5 Å². The molecule has 0 saturated carbocycles. The molecule has 0 aromatic carbocycles. The molecular weight excluding hydrogens is 286 g/mol. The molecule has 0 aliphatic carbocycles. The predicted molar refractivity (Wildman–Crippen MR) is 84.3 cm³/mol. The van der Waals surface area contributed by atoms with Gasteiger partial charge in [0.25, 0.3) is 0 Å². The van der Waals surface area contributed by atoms with Crippen molar-refractivity contribution in [3.8, 4) is 0 Å². The largest absolute Gasteiger partial charge is 0.333 e. The Morgan fingerprint density at radius 3 is 2.76 bits per heavy atom. The van der Waals surface area contributed by atoms with Crippen LogP contribution in [0.3, 0.4) is 0 Å². The summed E-state index contributed by atoms with van der Waals surface area (Å²) < 4.78 is 0. The second-order valence-corrected chi connectivity index (χ2v) is 7.46. The number of urea groups is 1. The van der Waals surface area contributed by atoms with Crippen LogP contribution in [0.5, 0.6) is 0 Å². The molecule has 1 atom stereocenters. The van der Waals surface area contributed by atoms with E-state index < -0.39 is 6.03 Å². The number of hydrogen-bond acceptors (Lipinski definition) is 4. The van der Waals surface area contributed by atoms with Crippen molar-refractivity contribution in [2.75, 3.05) is 6.54 Å². The number of carbonyl (C=O) groups is 2. The molecule has 0 spiro atoms. The van der Waals surface area contributed by atoms with Crippen molar-refractivity contribution in [1.82, 2.24) is 15.5 Å². The zero-order valence-electron chi connectivity index (χ0n) is 13.0. The Bertz CT molecular complexity index is 533. The van der Waals surface area contributed by atoms with Crippen molar-refractivity contribution in [3.63, 3.8) is 0 Å². The number of amides is 3. The molecule has 21 heavy (non-hydrogen) atoms. The summed E-state index contributed by atoms with van der Waals surface area (Å²) in [7, 11) is 0. The van der Waals surface area contributed by atoms with E-state index in [-0.39, 0.29) is 17.5 Å². The molecule has 5 nitrogen and oxygen atoms in total. The highest BCUT2D eigenvalue weighted by Crippen LogP contribution is 2.25. The van der Waals surface area contributed by atoms with Gasteiger partial charge in [-0.05, 0) is 51.1 Å². The number of thiophene rings is 1. The summed E-state index contributed by atoms with van der Waals surface area (Å²) in [5, 5.41) is 7.25. The van der Waals surface area contributed by atoms with Crippen LogP contribution < -0.4 is 10.6 Å². The zero-order chi connectivity index (χ0) is 15.6. The maximum Gasteiger partial charge on any atom is 0.321 e. The highest BCUT2D eigenvalue weighted by molar-refractivity contribution is 7.10. The lowest BCUT2D eigenvalue weighted by Gasteiger charge is -2.31. The molecule has 1 aliphatic rings. The second-order valence-electron chi connectivity index (χ2n) is 6.46. The van der Waals surface area contributed by atoms with E-state index in [1.165, 1.54) is 10.4 Å². The van der Waals surface area contributed by atoms with Crippen LogP contribution >= 0.6 is 11.3 Å². The van der Waals surface area contributed by atoms with Gasteiger partial charge in [0.1, 0.15) is 0 Å². The molecule has 2 rings (SSSR count). The van der Waals surface area contributed by atoms with Gasteiger partial charge >= 0.3 is 6.03 Å². The second kappa shape index (κ2) is 6.15. The van der Waals surface area contributed by atoms with Crippen LogP contribution in [0.1, 0.15) is 38.1 Å². The minimum absolute atomic E-state index is 0.254. The van der Waals surface area contributed by atoms with Gasteiger partial charge in [-0.25, -0.2) is 4.79 Å². The Hall–Kier alpha value is -1.40. The van der Waals surface area contributed by atoms with Crippen molar-refractivity contribution >= 4 is 23.3 Å². The predicted octanol–water partition coefficient (Wildman–Crippen LogP) is 2.12. The summed E-state index contributed by atoms with van der Waals surface area (Å²) in [5.74, 6) is -0.254. The molecular formula is C15H23N3O2S. The normalized spacial score (nSPS) is 17.0. The first-order valence-electron chi connectivity index (χ1n) is 7.18. The molecule has 1 aromatic rings. The van der Waals surface area contributed by atoms with E-state index in [1.54, 1.807) is 11.3 Å². The van der Waals surface area contributed by atoms with Crippen LogP contribution in [0.25, 0.3) is 0 Å². The molecule has 1 aliphatic heterocycles. The summed E-state index contributed by atoms with van der Waals surface area (Å²) in [6, 6.07) is 1.36. The number of nitrogens with one attached hydrogen (secondary N) is 2. The van der Waals surface area contributed by atoms with Gasteiger partial charge in [-0.15, -0.1) is 11.3 Å². The fourth-order valence-corrected chi connectivity index (χ4v) is 3.24. The average Bonchev–Trinajstić information content (AvgIpc) is 2.82. The number of carbonyl (C=O) groups excluding carboxylic acids is 2. The van der Waals surface area contributed by atoms with E-state index in [0.29, 0.717) is 0 Å². The molecule has 0 bridgehead atoms. The van der Waals surface area contributed by atoms with E-state index in [4.69, 9.17) is 0 Å². The Balaban J connectivity index is 1.90. The molecule has 6 heteroatoms. The first kappa shape index (κ1) is 16.0. The van der Waals surface area contributed by atoms with E-state index in [1.807, 2.05) is 27.7 Å². The number of rotatable bonds is 2. The number of fused-ring (bicyclic) bond motifs is 1. The topological polar surface area (TPSA) is 61.4 Å². The van der Waals surface area contributed by atoms with E-state index in [9.17, 15) is 9.59 Å². The SMILES string of the molecule is CC(C(=O)NC(=O)NC(C)(C)C)N1CCc2sccc2C1. The summed E-state index contributed by atoms with van der Waals surface area (Å²) in [6.07, 6.45) is 0.971. The first-order valence-corrected chi connectivity index (χ1v) is 8.06. The molecule has 0 radical (unpaired) electrons. The number of hydrogen-bond donors (Lipinski definition) is 2. The standard InChI is InChI=1S/C15H23N3O2S/c1-10(13(19)16-14(20)17-15(2,3)4)18-7-5-12-11(9-18)6-8-21-12/h6,8,10H,5,7,9H2,1-4H3,(H2,16,17,19,20). The van der Waals surface area contributed by atoms with Gasteiger partial charge in [0.2, 0.25) is 5.91 Å². The molecule has 3 amide bonds. The summed E-state index contributed by atoms with van der Waals surface area (Å²) in [4.78, 5) is 27.4. The molecule has 0 saturated heterocycles. The minimum Gasteiger partial charge on any atom is -0.333 e. The third-order valence-electron chi connectivity index (χ3n) is 3.49. The van der Waals surface area contributed by atoms with Crippen molar-refractivity contribution in [3.05, 3.63) is 21.9 Å². The fourth-order valence-electron chi connectivity index (χ4n) is 2.35. The molecule has 2 heterocycles. The van der Waals surface area contributed by atoms with Crippen LogP contribution in [0, 0.1) is 0 Å². The highest BCUT2D eigenvalue weighted by atomic mass is 32.1. The van der Waals surface area contributed by atoms with E-state index >= 15 is 0 Å². The Morgan fingerprint density at radius 2 is 2.10 bits per heavy atom. The summed E-state index contributed by atoms with van der Waals surface area (Å²) in [5.41, 5.74) is 0.939. The average molecular weight is 309 g/mol. The smallest absolute Gasteiger partial charge is 0.321 e. The van der Waals surface area contributed by atoms with Crippen molar-refractivity contribution < 1.29 is 9.59 Å². The number of imide groups is 1. The maximum atomic E-state index is 12.2. The Kier molecular flexibility index (Phi) is 4.68. The van der Waals surface area contributed by atoms with Gasteiger partial charge < -0.3 is 5.32 Å². The lowest BCUT2D eigenvalue weighted by Crippen LogP contribution is -2.53. The van der Waals surface area contributed by atoms with Gasteiger partial charge in [0.05, 0.1) is 6.04 Å². The van der Waals surface area contributed by atoms with Gasteiger partial charge in [-0.3, -0.25) is 15.0 Å². The Labute approximate surface area is 129 Å². The lowest BCUT2D eigenvalue weighted by atomic mass is 10.1. The van der Waals surface area contributed by atoms with Crippen LogP contribution in [-0.2, 0) is 17.8 Å². The first-order chi connectivity index (χ1) is 9.76. The molecule has 1 aromatic heterocycles. The molecule has 2 N–H and O–H groups in total. The monoisotopic (exact) mass is 309 g/mol. The van der Waals surface area contributed by atoms with Crippen LogP contribution in [0.4, 0.5) is 4.79 Å². The summed E-state index contributed by atoms with van der Waals surface area (Å²) in [6.45, 7) is 9.10. The van der Waals surface area contributed by atoms with Crippen molar-refractivity contribution in [2.24, 2.45) is 0 Å². The van der Waals surface area contributed by atoms with Gasteiger partial charge in [-0.2, -0.15) is 0 Å². The Morgan fingerprint density at radius 1 is 1.38 bits per heavy atom. The molecule has 116 valence electrons. The van der Waals surface area contributed by atoms with E-state index in [2.05, 4.69) is 27.0 Å². The molecule has 0 fully saturated rings. The highest BCUT2D eigenvalue weighted by Gasteiger charge is 2.27. The molecule has 1 unspecified atom stereocenters. The van der Waals surface area contributed by atoms with E-state index in [0.717, 1.165) is 19.5 Å². The fraction of sp³-hybridized carbons (Fsp3) is 0.600. The van der Waals surface area contributed by atoms with Crippen LogP contribution in [-0.4, -0.2) is 35.0 Å². The maximum absolute atomic E-state index is 12.2. The van der Waals surface area contributed by atoms with Crippen molar-refractivity contribution in [1.29, 1.82) is 0 Å². The number of nitrogens with zero attached hydrogens (tertiary/aromatic N) is 1. The quantitative estimate of drug-likeness (QED) is 0.879. The lowest BCUT2D eigenvalue weighted by molar-refractivity contribution is -0.125. The van der Waals surface area contributed by atoms with Crippen LogP contribution in [0.2, 0.25) is 0 Å². The third kappa shape index (κ3) is 4.28. The van der Waals surface area contributed by atoms with Crippen molar-refractivity contribution in [2.45, 2.75) is 52.2 Å². The van der Waals surface area contributed by atoms with Crippen LogP contribution in [0.15, 0.2) is 11.4 Å². The minimum atomic E-state index is -0.437. The zero-order valence-corrected chi connectivity index (χ0v) is 13.8. The summed E-state index contributed by atoms with van der Waals surface area (Å²) >= 11 is 1.77. The van der Waals surface area contributed by atoms with Gasteiger partial charge in [-0.1, -0.05) is 0 Å². The van der Waals surface area contributed by atoms with Gasteiger partial charge in [0.15, 0.2) is 0 Å².